The molecule has 0 amide bonds. The number of benzene rings is 1. The van der Waals surface area contributed by atoms with Gasteiger partial charge in [-0.1, -0.05) is 11.6 Å². The molecule has 13 heavy (non-hydrogen) atoms. The number of nitrogen functional groups attached to an aromatic ring is 1. The lowest BCUT2D eigenvalue weighted by Crippen LogP contribution is -1.95. The summed E-state index contributed by atoms with van der Waals surface area (Å²) in [4.78, 5) is 2.96. The number of aryl methyl sites for hydroxylation is 1. The van der Waals surface area contributed by atoms with Crippen molar-refractivity contribution in [2.45, 2.75) is 13.5 Å². The fraction of sp³-hybridized carbons (Fsp3) is 0.222. The molecular weight excluding hydrogens is 174 g/mol. The molecule has 0 heterocycles. The van der Waals surface area contributed by atoms with Gasteiger partial charge in [-0.15, -0.1) is 0 Å². The van der Waals surface area contributed by atoms with Gasteiger partial charge in [-0.2, -0.15) is 8.78 Å². The zero-order valence-electron chi connectivity index (χ0n) is 7.17. The van der Waals surface area contributed by atoms with Crippen LogP contribution in [0.5, 0.6) is 0 Å². The van der Waals surface area contributed by atoms with Crippen LogP contribution in [-0.4, -0.2) is 12.8 Å². The summed E-state index contributed by atoms with van der Waals surface area (Å²) in [6.45, 7) is -0.820. The lowest BCUT2D eigenvalue weighted by atomic mass is 10.1. The molecule has 0 unspecified atom stereocenters. The Labute approximate surface area is 75.1 Å². The molecule has 0 saturated carbocycles. The zero-order valence-corrected chi connectivity index (χ0v) is 7.17. The van der Waals surface area contributed by atoms with Crippen LogP contribution in [0.2, 0.25) is 0 Å². The van der Waals surface area contributed by atoms with Crippen molar-refractivity contribution in [1.82, 2.24) is 0 Å². The van der Waals surface area contributed by atoms with Gasteiger partial charge in [-0.05, 0) is 19.1 Å². The molecule has 0 aliphatic carbocycles. The molecule has 0 aliphatic rings. The summed E-state index contributed by atoms with van der Waals surface area (Å²) in [6.07, 6.45) is 1.09. The highest BCUT2D eigenvalue weighted by atomic mass is 19.3. The molecule has 0 fully saturated rings. The van der Waals surface area contributed by atoms with Crippen LogP contribution in [0, 0.1) is 6.92 Å². The molecule has 2 N–H and O–H groups in total. The second-order valence-electron chi connectivity index (χ2n) is 2.69. The number of nitrogens with zero attached hydrogens (tertiary/aromatic N) is 1. The van der Waals surface area contributed by atoms with E-state index < -0.39 is 6.55 Å². The fourth-order valence-electron chi connectivity index (χ4n) is 0.943. The highest BCUT2D eigenvalue weighted by Crippen LogP contribution is 2.11. The van der Waals surface area contributed by atoms with Crippen LogP contribution in [0.3, 0.4) is 0 Å². The Hall–Kier alpha value is -1.45. The molecule has 0 saturated heterocycles. The maximum Gasteiger partial charge on any atom is 0.331 e. The SMILES string of the molecule is Cc1ccc(N)c(/C=N/C(F)F)c1. The Morgan fingerprint density at radius 1 is 1.46 bits per heavy atom. The van der Waals surface area contributed by atoms with E-state index in [1.807, 2.05) is 13.0 Å². The van der Waals surface area contributed by atoms with Crippen molar-refractivity contribution in [3.63, 3.8) is 0 Å². The van der Waals surface area contributed by atoms with E-state index in [-0.39, 0.29) is 0 Å². The Balaban J connectivity index is 2.93. The van der Waals surface area contributed by atoms with Crippen LogP contribution >= 0.6 is 0 Å². The molecule has 1 aromatic rings. The van der Waals surface area contributed by atoms with Gasteiger partial charge < -0.3 is 5.73 Å². The van der Waals surface area contributed by atoms with Crippen molar-refractivity contribution < 1.29 is 8.78 Å². The molecule has 1 aromatic carbocycles. The van der Waals surface area contributed by atoms with Crippen LogP contribution in [0.15, 0.2) is 23.2 Å². The van der Waals surface area contributed by atoms with Crippen LogP contribution in [-0.2, 0) is 0 Å². The maximum absolute atomic E-state index is 11.7. The second kappa shape index (κ2) is 3.98. The molecule has 0 spiro atoms. The summed E-state index contributed by atoms with van der Waals surface area (Å²) in [5.41, 5.74) is 7.48. The van der Waals surface area contributed by atoms with E-state index in [1.165, 1.54) is 0 Å². The highest BCUT2D eigenvalue weighted by molar-refractivity contribution is 5.87. The van der Waals surface area contributed by atoms with Gasteiger partial charge in [0.2, 0.25) is 0 Å². The topological polar surface area (TPSA) is 38.4 Å². The van der Waals surface area contributed by atoms with Crippen molar-refractivity contribution in [3.05, 3.63) is 29.3 Å². The minimum absolute atomic E-state index is 0.454. The number of halogens is 2. The van der Waals surface area contributed by atoms with E-state index in [0.29, 0.717) is 11.3 Å². The average Bonchev–Trinajstić information content (AvgIpc) is 2.06. The predicted octanol–water partition coefficient (Wildman–Crippen LogP) is 2.22. The number of nitrogens with two attached hydrogens (primary N) is 1. The molecule has 0 aromatic heterocycles. The zero-order chi connectivity index (χ0) is 9.84. The molecule has 70 valence electrons. The molecular formula is C9H10F2N2. The van der Waals surface area contributed by atoms with E-state index in [9.17, 15) is 8.78 Å². The Bertz CT molecular complexity index is 321. The van der Waals surface area contributed by atoms with Gasteiger partial charge in [0.25, 0.3) is 0 Å². The molecule has 0 atom stereocenters. The van der Waals surface area contributed by atoms with Crippen molar-refractivity contribution in [2.24, 2.45) is 4.99 Å². The third-order valence-electron chi connectivity index (χ3n) is 1.57. The third kappa shape index (κ3) is 2.82. The number of hydrogen-bond acceptors (Lipinski definition) is 2. The summed E-state index contributed by atoms with van der Waals surface area (Å²) in [5.74, 6) is 0. The van der Waals surface area contributed by atoms with Gasteiger partial charge in [0, 0.05) is 17.5 Å². The van der Waals surface area contributed by atoms with E-state index in [4.69, 9.17) is 5.73 Å². The minimum Gasteiger partial charge on any atom is -0.398 e. The summed E-state index contributed by atoms with van der Waals surface area (Å²) < 4.78 is 23.4. The summed E-state index contributed by atoms with van der Waals surface area (Å²) >= 11 is 0. The molecule has 2 nitrogen and oxygen atoms in total. The average molecular weight is 184 g/mol. The van der Waals surface area contributed by atoms with Crippen molar-refractivity contribution in [1.29, 1.82) is 0 Å². The van der Waals surface area contributed by atoms with Gasteiger partial charge in [-0.3, -0.25) is 0 Å². The first-order chi connectivity index (χ1) is 6.09. The van der Waals surface area contributed by atoms with E-state index in [1.54, 1.807) is 12.1 Å². The largest absolute Gasteiger partial charge is 0.398 e. The maximum atomic E-state index is 11.7. The van der Waals surface area contributed by atoms with Crippen LogP contribution in [0.25, 0.3) is 0 Å². The Morgan fingerprint density at radius 3 is 2.77 bits per heavy atom. The number of alkyl halides is 2. The van der Waals surface area contributed by atoms with Crippen molar-refractivity contribution in [3.8, 4) is 0 Å². The monoisotopic (exact) mass is 184 g/mol. The summed E-state index contributed by atoms with van der Waals surface area (Å²) in [7, 11) is 0. The molecule has 0 aliphatic heterocycles. The molecule has 1 rings (SSSR count). The third-order valence-corrected chi connectivity index (χ3v) is 1.57. The molecule has 4 heteroatoms. The standard InChI is InChI=1S/C9H10F2N2/c1-6-2-3-8(12)7(4-6)5-13-9(10)11/h2-5,9H,12H2,1H3/b13-5+. The van der Waals surface area contributed by atoms with Crippen LogP contribution < -0.4 is 5.73 Å². The predicted molar refractivity (Wildman–Crippen MR) is 49.2 cm³/mol. The van der Waals surface area contributed by atoms with Crippen LogP contribution in [0.4, 0.5) is 14.5 Å². The van der Waals surface area contributed by atoms with Gasteiger partial charge in [0.05, 0.1) is 0 Å². The smallest absolute Gasteiger partial charge is 0.331 e. The summed E-state index contributed by atoms with van der Waals surface area (Å²) in [6, 6.07) is 5.19. The first-order valence-corrected chi connectivity index (χ1v) is 3.77. The van der Waals surface area contributed by atoms with Gasteiger partial charge in [0.15, 0.2) is 0 Å². The second-order valence-corrected chi connectivity index (χ2v) is 2.69. The minimum atomic E-state index is -2.68. The van der Waals surface area contributed by atoms with E-state index >= 15 is 0 Å². The number of aliphatic imine (C=N–C) groups is 1. The fourth-order valence-corrected chi connectivity index (χ4v) is 0.943. The van der Waals surface area contributed by atoms with Gasteiger partial charge in [-0.25, -0.2) is 4.99 Å². The molecule has 0 radical (unpaired) electrons. The lowest BCUT2D eigenvalue weighted by Gasteiger charge is -2.00. The number of hydrogen-bond donors (Lipinski definition) is 1. The van der Waals surface area contributed by atoms with Gasteiger partial charge >= 0.3 is 6.55 Å². The molecule has 0 bridgehead atoms. The summed E-state index contributed by atoms with van der Waals surface area (Å²) in [5, 5.41) is 0. The highest BCUT2D eigenvalue weighted by Gasteiger charge is 1.98. The lowest BCUT2D eigenvalue weighted by molar-refractivity contribution is 0.161. The normalized spacial score (nSPS) is 11.4. The van der Waals surface area contributed by atoms with Crippen molar-refractivity contribution >= 4 is 11.9 Å². The number of rotatable bonds is 2. The number of anilines is 1. The van der Waals surface area contributed by atoms with E-state index in [2.05, 4.69) is 4.99 Å². The van der Waals surface area contributed by atoms with E-state index in [0.717, 1.165) is 11.8 Å². The van der Waals surface area contributed by atoms with Gasteiger partial charge in [0.1, 0.15) is 0 Å². The Kier molecular flexibility index (Phi) is 2.95. The first kappa shape index (κ1) is 9.64. The first-order valence-electron chi connectivity index (χ1n) is 3.77. The quantitative estimate of drug-likeness (QED) is 0.427. The van der Waals surface area contributed by atoms with Crippen molar-refractivity contribution in [2.75, 3.05) is 5.73 Å². The Morgan fingerprint density at radius 2 is 2.15 bits per heavy atom. The van der Waals surface area contributed by atoms with Crippen LogP contribution in [0.1, 0.15) is 11.1 Å².